The van der Waals surface area contributed by atoms with E-state index in [-0.39, 0.29) is 5.41 Å². The van der Waals surface area contributed by atoms with Crippen LogP contribution in [0.3, 0.4) is 0 Å². The summed E-state index contributed by atoms with van der Waals surface area (Å²) in [6.45, 7) is 0. The SMILES string of the molecule is c1cc(-c2ccc(N(c3ccc(C4CCCCC4)cc3)c3ccc(C4(c5ccc(N(c6ccc(-c7ccc(C8CCCCC8)cc7)cc6)c6ccc(C7CCCCC7)cc6)cc5)CCCCC4)cc3)cc2)ccc1-c1ccc(C2CCCCC2)cc1. The Hall–Kier alpha value is -7.42. The molecule has 0 saturated heterocycles. The highest BCUT2D eigenvalue weighted by Gasteiger charge is 2.36. The highest BCUT2D eigenvalue weighted by molar-refractivity contribution is 5.81. The molecule has 0 bridgehead atoms. The highest BCUT2D eigenvalue weighted by Crippen LogP contribution is 2.48. The predicted molar refractivity (Wildman–Crippen MR) is 366 cm³/mol. The number of benzene rings is 9. The standard InChI is InChI=1S/C84H90N2/c1-6-16-62(17-7-1)66-24-28-68(29-25-66)69-32-34-71(35-33-69)75-42-54-81(55-43-75)86(79-50-38-73(39-51-79)65-22-12-4-13-23-65)83-58-46-77(47-59-83)84(60-14-5-15-61-84)76-44-56-82(57-45-76)85(78-48-36-72(37-49-78)64-20-10-3-11-21-64)80-52-40-74(41-53-80)70-30-26-67(27-31-70)63-18-8-2-9-19-63/h24-59,62-65H,1-23,60-61H2. The van der Waals surface area contributed by atoms with E-state index in [1.165, 1.54) is 249 Å². The van der Waals surface area contributed by atoms with Crippen LogP contribution < -0.4 is 9.80 Å². The van der Waals surface area contributed by atoms with E-state index in [1.807, 2.05) is 0 Å². The summed E-state index contributed by atoms with van der Waals surface area (Å²) in [4.78, 5) is 4.97. The molecule has 436 valence electrons. The first-order chi connectivity index (χ1) is 42.6. The van der Waals surface area contributed by atoms with Crippen LogP contribution in [0.25, 0.3) is 33.4 Å². The summed E-state index contributed by atoms with van der Waals surface area (Å²) in [5.74, 6) is 2.80. The molecule has 0 spiro atoms. The van der Waals surface area contributed by atoms with E-state index in [2.05, 4.69) is 228 Å². The molecule has 0 N–H and O–H groups in total. The van der Waals surface area contributed by atoms with E-state index >= 15 is 0 Å². The topological polar surface area (TPSA) is 6.48 Å². The van der Waals surface area contributed by atoms with Crippen molar-refractivity contribution in [3.63, 3.8) is 0 Å². The van der Waals surface area contributed by atoms with E-state index < -0.39 is 0 Å². The minimum absolute atomic E-state index is 0.0575. The third-order valence-electron chi connectivity index (χ3n) is 21.6. The van der Waals surface area contributed by atoms with Gasteiger partial charge in [-0.1, -0.05) is 242 Å². The second-order valence-corrected chi connectivity index (χ2v) is 26.8. The number of rotatable bonds is 15. The molecule has 0 heterocycles. The number of hydrogen-bond donors (Lipinski definition) is 0. The second kappa shape index (κ2) is 26.3. The first kappa shape index (κ1) is 56.4. The van der Waals surface area contributed by atoms with Gasteiger partial charge < -0.3 is 9.80 Å². The summed E-state index contributed by atoms with van der Waals surface area (Å²) in [5, 5.41) is 0. The molecule has 5 saturated carbocycles. The van der Waals surface area contributed by atoms with Gasteiger partial charge in [0.25, 0.3) is 0 Å². The van der Waals surface area contributed by atoms with Crippen LogP contribution in [0, 0.1) is 0 Å². The lowest BCUT2D eigenvalue weighted by Crippen LogP contribution is -2.30. The van der Waals surface area contributed by atoms with E-state index in [4.69, 9.17) is 0 Å². The van der Waals surface area contributed by atoms with E-state index in [0.717, 1.165) is 24.7 Å². The molecule has 14 rings (SSSR count). The lowest BCUT2D eigenvalue weighted by molar-refractivity contribution is 0.346. The van der Waals surface area contributed by atoms with Gasteiger partial charge in [0.15, 0.2) is 0 Å². The molecule has 5 aliphatic carbocycles. The quantitative estimate of drug-likeness (QED) is 0.101. The molecule has 9 aromatic carbocycles. The summed E-state index contributed by atoms with van der Waals surface area (Å²) in [6.07, 6.45) is 33.0. The molecule has 5 fully saturated rings. The van der Waals surface area contributed by atoms with Gasteiger partial charge in [0, 0.05) is 39.5 Å². The Morgan fingerprint density at radius 1 is 0.198 bits per heavy atom. The lowest BCUT2D eigenvalue weighted by Gasteiger charge is -2.39. The van der Waals surface area contributed by atoms with Crippen LogP contribution in [0.5, 0.6) is 0 Å². The van der Waals surface area contributed by atoms with Crippen molar-refractivity contribution in [1.29, 1.82) is 0 Å². The van der Waals surface area contributed by atoms with E-state index in [0.29, 0.717) is 11.8 Å². The van der Waals surface area contributed by atoms with Crippen LogP contribution >= 0.6 is 0 Å². The Balaban J connectivity index is 0.745. The zero-order chi connectivity index (χ0) is 57.5. The van der Waals surface area contributed by atoms with Crippen LogP contribution in [0.1, 0.15) is 218 Å². The van der Waals surface area contributed by atoms with Crippen molar-refractivity contribution in [1.82, 2.24) is 0 Å². The fourth-order valence-electron chi connectivity index (χ4n) is 16.5. The minimum atomic E-state index is -0.0575. The molecule has 0 unspecified atom stereocenters. The van der Waals surface area contributed by atoms with Gasteiger partial charge in [0.05, 0.1) is 0 Å². The summed E-state index contributed by atoms with van der Waals surface area (Å²) < 4.78 is 0. The summed E-state index contributed by atoms with van der Waals surface area (Å²) in [6, 6.07) is 85.6. The minimum Gasteiger partial charge on any atom is -0.311 e. The zero-order valence-corrected chi connectivity index (χ0v) is 51.2. The Morgan fingerprint density at radius 2 is 0.384 bits per heavy atom. The molecule has 0 aromatic heterocycles. The third kappa shape index (κ3) is 12.3. The molecule has 86 heavy (non-hydrogen) atoms. The average Bonchev–Trinajstić information content (AvgIpc) is 3.30. The van der Waals surface area contributed by atoms with Gasteiger partial charge in [-0.25, -0.2) is 0 Å². The fourth-order valence-corrected chi connectivity index (χ4v) is 16.5. The predicted octanol–water partition coefficient (Wildman–Crippen LogP) is 25.1. The molecule has 0 amide bonds. The van der Waals surface area contributed by atoms with Crippen molar-refractivity contribution in [3.05, 3.63) is 252 Å². The highest BCUT2D eigenvalue weighted by atomic mass is 15.1. The van der Waals surface area contributed by atoms with Crippen molar-refractivity contribution in [2.45, 2.75) is 190 Å². The van der Waals surface area contributed by atoms with Gasteiger partial charge >= 0.3 is 0 Å². The second-order valence-electron chi connectivity index (χ2n) is 26.8. The van der Waals surface area contributed by atoms with Gasteiger partial charge in [0.2, 0.25) is 0 Å². The number of nitrogens with zero attached hydrogens (tertiary/aromatic N) is 2. The van der Waals surface area contributed by atoms with Gasteiger partial charge in [-0.05, 0) is 227 Å². The summed E-state index contributed by atoms with van der Waals surface area (Å²) >= 11 is 0. The maximum Gasteiger partial charge on any atom is 0.0462 e. The van der Waals surface area contributed by atoms with Crippen molar-refractivity contribution in [3.8, 4) is 33.4 Å². The van der Waals surface area contributed by atoms with Gasteiger partial charge in [-0.2, -0.15) is 0 Å². The normalized spacial score (nSPS) is 18.1. The van der Waals surface area contributed by atoms with Crippen LogP contribution in [0.15, 0.2) is 218 Å². The van der Waals surface area contributed by atoms with Crippen LogP contribution in [-0.2, 0) is 5.41 Å². The molecular weight excluding hydrogens is 1040 g/mol. The summed E-state index contributed by atoms with van der Waals surface area (Å²) in [7, 11) is 0. The Morgan fingerprint density at radius 3 is 0.640 bits per heavy atom. The number of hydrogen-bond acceptors (Lipinski definition) is 2. The van der Waals surface area contributed by atoms with Crippen molar-refractivity contribution < 1.29 is 0 Å². The van der Waals surface area contributed by atoms with Gasteiger partial charge in [-0.3, -0.25) is 0 Å². The largest absolute Gasteiger partial charge is 0.311 e. The maximum atomic E-state index is 2.49. The van der Waals surface area contributed by atoms with Gasteiger partial charge in [0.1, 0.15) is 0 Å². The van der Waals surface area contributed by atoms with Crippen molar-refractivity contribution in [2.24, 2.45) is 0 Å². The first-order valence-corrected chi connectivity index (χ1v) is 34.1. The van der Waals surface area contributed by atoms with Gasteiger partial charge in [-0.15, -0.1) is 0 Å². The van der Waals surface area contributed by atoms with E-state index in [1.54, 1.807) is 0 Å². The molecule has 0 radical (unpaired) electrons. The molecule has 2 heteroatoms. The molecule has 9 aromatic rings. The molecule has 0 atom stereocenters. The third-order valence-corrected chi connectivity index (χ3v) is 21.6. The van der Waals surface area contributed by atoms with Crippen LogP contribution in [-0.4, -0.2) is 0 Å². The Kier molecular flexibility index (Phi) is 17.2. The average molecular weight is 1130 g/mol. The smallest absolute Gasteiger partial charge is 0.0462 e. The van der Waals surface area contributed by atoms with E-state index in [9.17, 15) is 0 Å². The molecule has 5 aliphatic rings. The molecular formula is C84H90N2. The Bertz CT molecular complexity index is 3570. The molecule has 2 nitrogen and oxygen atoms in total. The number of anilines is 6. The van der Waals surface area contributed by atoms with Crippen molar-refractivity contribution >= 4 is 34.1 Å². The monoisotopic (exact) mass is 1130 g/mol. The Labute approximate surface area is 515 Å². The summed E-state index contributed by atoms with van der Waals surface area (Å²) in [5.41, 5.74) is 23.6. The lowest BCUT2D eigenvalue weighted by atomic mass is 9.65. The van der Waals surface area contributed by atoms with Crippen LogP contribution in [0.2, 0.25) is 0 Å². The van der Waals surface area contributed by atoms with Crippen LogP contribution in [0.4, 0.5) is 34.1 Å². The fraction of sp³-hybridized carbons (Fsp3) is 0.357. The first-order valence-electron chi connectivity index (χ1n) is 34.1. The van der Waals surface area contributed by atoms with Crippen molar-refractivity contribution in [2.75, 3.05) is 9.80 Å². The zero-order valence-electron chi connectivity index (χ0n) is 51.2. The maximum absolute atomic E-state index is 2.49. The molecule has 0 aliphatic heterocycles.